The molecule has 0 fully saturated rings. The van der Waals surface area contributed by atoms with Gasteiger partial charge in [-0.2, -0.15) is 0 Å². The Labute approximate surface area is 237 Å². The van der Waals surface area contributed by atoms with Crippen LogP contribution in [-0.4, -0.2) is 56.9 Å². The Morgan fingerprint density at radius 3 is 2.44 bits per heavy atom. The first-order chi connectivity index (χ1) is 19.1. The number of nitrogens with two attached hydrogens (primary N) is 1. The summed E-state index contributed by atoms with van der Waals surface area (Å²) in [6, 6.07) is 9.05. The van der Waals surface area contributed by atoms with Crippen LogP contribution in [0.3, 0.4) is 0 Å². The third-order valence-electron chi connectivity index (χ3n) is 5.14. The molecule has 15 nitrogen and oxygen atoms in total. The van der Waals surface area contributed by atoms with E-state index in [2.05, 4.69) is 19.9 Å². The van der Waals surface area contributed by atoms with Crippen molar-refractivity contribution in [1.29, 1.82) is 0 Å². The largest absolute Gasteiger partial charge is 0.427 e. The Bertz CT molecular complexity index is 1460. The molecular weight excluding hydrogens is 560 g/mol. The van der Waals surface area contributed by atoms with E-state index in [4.69, 9.17) is 15.3 Å². The van der Waals surface area contributed by atoms with Gasteiger partial charge in [0.15, 0.2) is 0 Å². The third kappa shape index (κ3) is 10.5. The van der Waals surface area contributed by atoms with Crippen LogP contribution < -0.4 is 26.6 Å². The molecule has 0 aliphatic rings. The number of hydrogen-bond donors (Lipinski definition) is 4. The van der Waals surface area contributed by atoms with Crippen molar-refractivity contribution in [3.63, 3.8) is 0 Å². The molecule has 41 heavy (non-hydrogen) atoms. The molecule has 0 aliphatic heterocycles. The zero-order chi connectivity index (χ0) is 30.8. The number of esters is 1. The van der Waals surface area contributed by atoms with Gasteiger partial charge in [0.1, 0.15) is 18.8 Å². The number of pyridine rings is 1. The Kier molecular flexibility index (Phi) is 11.3. The van der Waals surface area contributed by atoms with Gasteiger partial charge in [0.05, 0.1) is 16.9 Å². The summed E-state index contributed by atoms with van der Waals surface area (Å²) in [7, 11) is -4.02. The van der Waals surface area contributed by atoms with Crippen molar-refractivity contribution >= 4 is 39.6 Å². The number of alkyl carbamates (subject to hydrolysis) is 1. The second kappa shape index (κ2) is 14.2. The second-order valence-corrected chi connectivity index (χ2v) is 11.4. The molecule has 0 saturated carbocycles. The zero-order valence-electron chi connectivity index (χ0n) is 23.3. The molecule has 5 N–H and O–H groups in total. The maximum atomic E-state index is 12.9. The van der Waals surface area contributed by atoms with E-state index >= 15 is 0 Å². The van der Waals surface area contributed by atoms with Gasteiger partial charge in [0.2, 0.25) is 18.7 Å². The molecule has 0 unspecified atom stereocenters. The Hall–Kier alpha value is -4.60. The molecule has 2 aromatic rings. The quantitative estimate of drug-likeness (QED) is 0.0721. The molecule has 0 saturated heterocycles. The van der Waals surface area contributed by atoms with E-state index in [-0.39, 0.29) is 30.3 Å². The lowest BCUT2D eigenvalue weighted by Gasteiger charge is -2.16. The van der Waals surface area contributed by atoms with Crippen LogP contribution in [0, 0.1) is 19.3 Å². The summed E-state index contributed by atoms with van der Waals surface area (Å²) < 4.78 is 38.3. The fourth-order valence-electron chi connectivity index (χ4n) is 3.00. The Morgan fingerprint density at radius 1 is 1.07 bits per heavy atom. The van der Waals surface area contributed by atoms with Crippen LogP contribution in [0.4, 0.5) is 10.5 Å². The summed E-state index contributed by atoms with van der Waals surface area (Å²) in [5, 5.41) is 8.00. The topological polar surface area (TPSA) is 210 Å². The van der Waals surface area contributed by atoms with Crippen LogP contribution in [0.15, 0.2) is 51.2 Å². The van der Waals surface area contributed by atoms with Gasteiger partial charge >= 0.3 is 12.1 Å². The van der Waals surface area contributed by atoms with Crippen molar-refractivity contribution in [2.75, 3.05) is 24.7 Å². The second-order valence-electron chi connectivity index (χ2n) is 9.72. The minimum Gasteiger partial charge on any atom is -0.427 e. The summed E-state index contributed by atoms with van der Waals surface area (Å²) in [6.07, 6.45) is -1.03. The van der Waals surface area contributed by atoms with E-state index in [1.807, 2.05) is 5.32 Å². The average molecular weight is 595 g/mol. The number of nitrogens with one attached hydrogen (secondary N) is 3. The minimum absolute atomic E-state index is 0.00115. The summed E-state index contributed by atoms with van der Waals surface area (Å²) in [4.78, 5) is 53.4. The van der Waals surface area contributed by atoms with Gasteiger partial charge in [-0.25, -0.2) is 13.2 Å². The van der Waals surface area contributed by atoms with Crippen LogP contribution in [0.1, 0.15) is 32.0 Å². The number of nitrogens with zero attached hydrogens (tertiary/aromatic N) is 2. The van der Waals surface area contributed by atoms with E-state index in [9.17, 15) is 27.6 Å². The fourth-order valence-corrected chi connectivity index (χ4v) is 4.16. The first kappa shape index (κ1) is 32.6. The maximum absolute atomic E-state index is 12.9. The van der Waals surface area contributed by atoms with Gasteiger partial charge in [0.25, 0.3) is 15.6 Å². The summed E-state index contributed by atoms with van der Waals surface area (Å²) >= 11 is 0. The van der Waals surface area contributed by atoms with Gasteiger partial charge < -0.3 is 29.9 Å². The number of anilines is 1. The number of benzene rings is 1. The third-order valence-corrected chi connectivity index (χ3v) is 6.50. The van der Waals surface area contributed by atoms with Crippen LogP contribution in [0.25, 0.3) is 0 Å². The molecule has 0 spiro atoms. The van der Waals surface area contributed by atoms with E-state index in [0.717, 1.165) is 10.1 Å². The van der Waals surface area contributed by atoms with E-state index in [1.165, 1.54) is 24.3 Å². The number of oxime groups is 1. The number of carbonyl (C=O) groups is 3. The number of sulfonamides is 1. The van der Waals surface area contributed by atoms with E-state index in [1.54, 1.807) is 46.8 Å². The van der Waals surface area contributed by atoms with Crippen molar-refractivity contribution in [2.24, 2.45) is 16.3 Å². The average Bonchev–Trinajstić information content (AvgIpc) is 2.87. The van der Waals surface area contributed by atoms with Gasteiger partial charge in [-0.05, 0) is 69.6 Å². The van der Waals surface area contributed by atoms with Crippen molar-refractivity contribution in [2.45, 2.75) is 46.1 Å². The zero-order valence-corrected chi connectivity index (χ0v) is 24.2. The van der Waals surface area contributed by atoms with Crippen LogP contribution in [0.2, 0.25) is 0 Å². The standard InChI is InChI=1S/C25H34N6O9S/c1-16-7-6-8-18(13-16)41(36,37)30-19-10-9-17(2)31(21(19)33)14-20(32)27-11-12-40-29-23(26)28-24(35)39-15-38-22(34)25(3,4)5/h6-10,13,30H,11-12,14-15H2,1-5H3,(H,27,32)(H3,26,28,29,35). The molecular formula is C25H34N6O9S. The first-order valence-corrected chi connectivity index (χ1v) is 13.7. The Morgan fingerprint density at radius 2 is 1.78 bits per heavy atom. The van der Waals surface area contributed by atoms with Gasteiger partial charge in [-0.15, -0.1) is 0 Å². The Balaban J connectivity index is 1.83. The van der Waals surface area contributed by atoms with Crippen LogP contribution >= 0.6 is 0 Å². The van der Waals surface area contributed by atoms with E-state index in [0.29, 0.717) is 5.69 Å². The van der Waals surface area contributed by atoms with Gasteiger partial charge in [-0.1, -0.05) is 12.1 Å². The lowest BCUT2D eigenvalue weighted by atomic mass is 9.98. The van der Waals surface area contributed by atoms with Crippen molar-refractivity contribution in [1.82, 2.24) is 15.2 Å². The number of carbonyl (C=O) groups excluding carboxylic acids is 3. The van der Waals surface area contributed by atoms with Crippen molar-refractivity contribution < 1.29 is 37.1 Å². The van der Waals surface area contributed by atoms with Crippen molar-refractivity contribution in [3.05, 3.63) is 58.0 Å². The number of hydrogen-bond acceptors (Lipinski definition) is 10. The number of ether oxygens (including phenoxy) is 2. The molecule has 0 aliphatic carbocycles. The highest BCUT2D eigenvalue weighted by Gasteiger charge is 2.23. The van der Waals surface area contributed by atoms with Gasteiger partial charge in [-0.3, -0.25) is 24.4 Å². The van der Waals surface area contributed by atoms with E-state index < -0.39 is 51.7 Å². The van der Waals surface area contributed by atoms with Gasteiger partial charge in [0, 0.05) is 5.69 Å². The summed E-state index contributed by atoms with van der Waals surface area (Å²) in [5.74, 6) is -1.57. The molecule has 0 radical (unpaired) electrons. The normalized spacial score (nSPS) is 11.8. The SMILES string of the molecule is Cc1cccc(S(=O)(=O)Nc2ccc(C)n(CC(=O)NCCO/N=C(\N)NC(=O)OCOC(=O)C(C)(C)C)c2=O)c1. The highest BCUT2D eigenvalue weighted by atomic mass is 32.2. The highest BCUT2D eigenvalue weighted by molar-refractivity contribution is 7.92. The van der Waals surface area contributed by atoms with Crippen molar-refractivity contribution in [3.8, 4) is 0 Å². The molecule has 0 bridgehead atoms. The monoisotopic (exact) mass is 594 g/mol. The molecule has 1 aromatic heterocycles. The van der Waals surface area contributed by atoms with Crippen LogP contribution in [0.5, 0.6) is 0 Å². The number of guanidine groups is 1. The number of aryl methyl sites for hydroxylation is 2. The predicted molar refractivity (Wildman–Crippen MR) is 148 cm³/mol. The smallest absolute Gasteiger partial charge is 0.416 e. The molecule has 224 valence electrons. The number of aromatic nitrogens is 1. The lowest BCUT2D eigenvalue weighted by Crippen LogP contribution is -2.38. The molecule has 2 amide bonds. The maximum Gasteiger partial charge on any atom is 0.416 e. The first-order valence-electron chi connectivity index (χ1n) is 12.2. The molecule has 1 aromatic carbocycles. The molecule has 0 atom stereocenters. The predicted octanol–water partition coefficient (Wildman–Crippen LogP) is 0.901. The molecule has 1 heterocycles. The number of rotatable bonds is 11. The minimum atomic E-state index is -4.02. The summed E-state index contributed by atoms with van der Waals surface area (Å²) in [5.41, 5.74) is 4.99. The molecule has 2 rings (SSSR count). The fraction of sp³-hybridized carbons (Fsp3) is 0.400. The number of amides is 2. The highest BCUT2D eigenvalue weighted by Crippen LogP contribution is 2.16. The lowest BCUT2D eigenvalue weighted by molar-refractivity contribution is -0.161. The molecule has 16 heteroatoms. The van der Waals surface area contributed by atoms with Crippen LogP contribution in [-0.2, 0) is 40.5 Å². The summed E-state index contributed by atoms with van der Waals surface area (Å²) in [6.45, 7) is 7.08.